The highest BCUT2D eigenvalue weighted by molar-refractivity contribution is 8.04. The normalized spacial score (nSPS) is 13.9. The van der Waals surface area contributed by atoms with Gasteiger partial charge in [0.25, 0.3) is 11.8 Å². The molecule has 0 aromatic heterocycles. The molecule has 0 saturated heterocycles. The van der Waals surface area contributed by atoms with Gasteiger partial charge in [0, 0.05) is 22.0 Å². The summed E-state index contributed by atoms with van der Waals surface area (Å²) in [5.74, 6) is -0.214. The number of halogens is 1. The van der Waals surface area contributed by atoms with Crippen molar-refractivity contribution in [3.05, 3.63) is 135 Å². The van der Waals surface area contributed by atoms with Crippen molar-refractivity contribution in [2.24, 2.45) is 0 Å². The Bertz CT molecular complexity index is 1500. The molecule has 0 fully saturated rings. The maximum atomic E-state index is 13.6. The number of para-hydroxylation sites is 1. The molecule has 4 aromatic rings. The van der Waals surface area contributed by atoms with E-state index < -0.39 is 0 Å². The van der Waals surface area contributed by atoms with Gasteiger partial charge in [-0.1, -0.05) is 90.1 Å². The summed E-state index contributed by atoms with van der Waals surface area (Å²) in [6, 6.07) is 30.8. The Hall–Kier alpha value is -3.80. The van der Waals surface area contributed by atoms with Crippen molar-refractivity contribution in [1.82, 2.24) is 5.32 Å². The van der Waals surface area contributed by atoms with E-state index in [2.05, 4.69) is 24.4 Å². The Kier molecular flexibility index (Phi) is 7.45. The van der Waals surface area contributed by atoms with E-state index in [9.17, 15) is 9.59 Å². The highest BCUT2D eigenvalue weighted by Crippen LogP contribution is 2.42. The molecule has 1 heterocycles. The van der Waals surface area contributed by atoms with Gasteiger partial charge in [0.1, 0.15) is 0 Å². The fourth-order valence-electron chi connectivity index (χ4n) is 4.18. The van der Waals surface area contributed by atoms with Crippen LogP contribution in [0.3, 0.4) is 0 Å². The van der Waals surface area contributed by atoms with Crippen LogP contribution in [-0.4, -0.2) is 11.8 Å². The number of rotatable bonds is 6. The molecule has 0 unspecified atom stereocenters. The predicted octanol–water partition coefficient (Wildman–Crippen LogP) is 7.26. The Balaban J connectivity index is 1.34. The van der Waals surface area contributed by atoms with Gasteiger partial charge in [-0.2, -0.15) is 0 Å². The highest BCUT2D eigenvalue weighted by atomic mass is 35.5. The van der Waals surface area contributed by atoms with E-state index in [4.69, 9.17) is 11.6 Å². The summed E-state index contributed by atoms with van der Waals surface area (Å²) < 4.78 is 0. The summed E-state index contributed by atoms with van der Waals surface area (Å²) in [6.07, 6.45) is 1.89. The van der Waals surface area contributed by atoms with E-state index in [1.54, 1.807) is 18.2 Å². The van der Waals surface area contributed by atoms with Crippen LogP contribution in [-0.2, 0) is 17.9 Å². The van der Waals surface area contributed by atoms with Crippen molar-refractivity contribution >= 4 is 46.9 Å². The Morgan fingerprint density at radius 2 is 1.57 bits per heavy atom. The molecule has 6 heteroatoms. The van der Waals surface area contributed by atoms with Crippen molar-refractivity contribution in [2.45, 2.75) is 24.9 Å². The summed E-state index contributed by atoms with van der Waals surface area (Å²) in [6.45, 7) is 2.92. The largest absolute Gasteiger partial charge is 0.348 e. The number of thioether (sulfide) groups is 1. The van der Waals surface area contributed by atoms with Crippen LogP contribution >= 0.6 is 23.4 Å². The second kappa shape index (κ2) is 11.1. The number of carbonyl (C=O) groups excluding carboxylic acids is 2. The van der Waals surface area contributed by atoms with Crippen LogP contribution in [0.5, 0.6) is 0 Å². The first kappa shape index (κ1) is 24.9. The molecule has 0 saturated carbocycles. The first-order chi connectivity index (χ1) is 18.0. The monoisotopic (exact) mass is 524 g/mol. The van der Waals surface area contributed by atoms with Gasteiger partial charge in [-0.15, -0.1) is 0 Å². The minimum Gasteiger partial charge on any atom is -0.348 e. The number of anilines is 1. The van der Waals surface area contributed by atoms with Gasteiger partial charge in [-0.3, -0.25) is 9.59 Å². The van der Waals surface area contributed by atoms with Crippen molar-refractivity contribution in [2.75, 3.05) is 4.90 Å². The highest BCUT2D eigenvalue weighted by Gasteiger charge is 2.29. The van der Waals surface area contributed by atoms with Crippen LogP contribution in [0.2, 0.25) is 5.02 Å². The van der Waals surface area contributed by atoms with E-state index in [0.717, 1.165) is 32.8 Å². The third-order valence-electron chi connectivity index (χ3n) is 6.29. The number of hydrogen-bond donors (Lipinski definition) is 1. The molecule has 0 atom stereocenters. The van der Waals surface area contributed by atoms with Gasteiger partial charge in [-0.05, 0) is 65.6 Å². The fourth-order valence-corrected chi connectivity index (χ4v) is 5.44. The predicted molar refractivity (Wildman–Crippen MR) is 152 cm³/mol. The number of nitrogens with one attached hydrogen (secondary N) is 1. The first-order valence-corrected chi connectivity index (χ1v) is 13.2. The van der Waals surface area contributed by atoms with Crippen molar-refractivity contribution in [3.63, 3.8) is 0 Å². The zero-order chi connectivity index (χ0) is 25.8. The summed E-state index contributed by atoms with van der Waals surface area (Å²) in [5.41, 5.74) is 5.45. The molecule has 184 valence electrons. The van der Waals surface area contributed by atoms with Gasteiger partial charge in [0.05, 0.1) is 17.1 Å². The molecule has 1 aliphatic heterocycles. The third kappa shape index (κ3) is 5.63. The van der Waals surface area contributed by atoms with E-state index in [-0.39, 0.29) is 11.8 Å². The maximum Gasteiger partial charge on any atom is 0.265 e. The van der Waals surface area contributed by atoms with Gasteiger partial charge >= 0.3 is 0 Å². The standard InChI is InChI=1S/C31H25ClN2O2S/c1-21-8-2-3-10-25(21)20-34-27-12-6-7-13-28(27)37-29(31(34)36)18-22-14-16-23(17-15-22)30(35)33-19-24-9-4-5-11-26(24)32/h2-18H,19-20H2,1H3,(H,33,35). The van der Waals surface area contributed by atoms with E-state index in [1.807, 2.05) is 77.7 Å². The van der Waals surface area contributed by atoms with Crippen LogP contribution in [0.15, 0.2) is 107 Å². The van der Waals surface area contributed by atoms with Gasteiger partial charge in [-0.25, -0.2) is 0 Å². The van der Waals surface area contributed by atoms with Gasteiger partial charge in [0.15, 0.2) is 0 Å². The maximum absolute atomic E-state index is 13.6. The molecule has 0 bridgehead atoms. The number of aryl methyl sites for hydroxylation is 1. The molecule has 1 N–H and O–H groups in total. The molecule has 37 heavy (non-hydrogen) atoms. The summed E-state index contributed by atoms with van der Waals surface area (Å²) in [7, 11) is 0. The number of carbonyl (C=O) groups is 2. The number of benzene rings is 4. The van der Waals surface area contributed by atoms with Crippen molar-refractivity contribution in [3.8, 4) is 0 Å². The molecule has 0 aliphatic carbocycles. The average molecular weight is 525 g/mol. The molecule has 4 aromatic carbocycles. The number of nitrogens with zero attached hydrogens (tertiary/aromatic N) is 1. The SMILES string of the molecule is Cc1ccccc1CN1C(=O)C(=Cc2ccc(C(=O)NCc3ccccc3Cl)cc2)Sc2ccccc21. The van der Waals surface area contributed by atoms with E-state index in [0.29, 0.717) is 28.6 Å². The Labute approximate surface area is 226 Å². The molecule has 0 spiro atoms. The number of hydrogen-bond acceptors (Lipinski definition) is 3. The summed E-state index contributed by atoms with van der Waals surface area (Å²) in [4.78, 5) is 29.7. The zero-order valence-corrected chi connectivity index (χ0v) is 21.9. The second-order valence-corrected chi connectivity index (χ2v) is 10.3. The molecule has 0 radical (unpaired) electrons. The molecular weight excluding hydrogens is 500 g/mol. The lowest BCUT2D eigenvalue weighted by Crippen LogP contribution is -2.33. The van der Waals surface area contributed by atoms with Gasteiger partial charge in [0.2, 0.25) is 0 Å². The minimum atomic E-state index is -0.180. The quantitative estimate of drug-likeness (QED) is 0.270. The topological polar surface area (TPSA) is 49.4 Å². The average Bonchev–Trinajstić information content (AvgIpc) is 2.92. The lowest BCUT2D eigenvalue weighted by Gasteiger charge is -2.31. The van der Waals surface area contributed by atoms with Crippen LogP contribution in [0, 0.1) is 6.92 Å². The third-order valence-corrected chi connectivity index (χ3v) is 7.74. The van der Waals surface area contributed by atoms with Crippen LogP contribution in [0.1, 0.15) is 32.6 Å². The van der Waals surface area contributed by atoms with Crippen LogP contribution < -0.4 is 10.2 Å². The number of amides is 2. The fraction of sp³-hybridized carbons (Fsp3) is 0.0968. The van der Waals surface area contributed by atoms with Crippen LogP contribution in [0.25, 0.3) is 6.08 Å². The zero-order valence-electron chi connectivity index (χ0n) is 20.3. The van der Waals surface area contributed by atoms with E-state index >= 15 is 0 Å². The molecule has 5 rings (SSSR count). The lowest BCUT2D eigenvalue weighted by atomic mass is 10.1. The lowest BCUT2D eigenvalue weighted by molar-refractivity contribution is -0.114. The second-order valence-electron chi connectivity index (χ2n) is 8.79. The smallest absolute Gasteiger partial charge is 0.265 e. The summed E-state index contributed by atoms with van der Waals surface area (Å²) >= 11 is 7.66. The van der Waals surface area contributed by atoms with E-state index in [1.165, 1.54) is 11.8 Å². The molecule has 4 nitrogen and oxygen atoms in total. The first-order valence-electron chi connectivity index (χ1n) is 12.0. The Morgan fingerprint density at radius 3 is 2.32 bits per heavy atom. The van der Waals surface area contributed by atoms with Crippen molar-refractivity contribution in [1.29, 1.82) is 0 Å². The molecule has 1 aliphatic rings. The number of fused-ring (bicyclic) bond motifs is 1. The van der Waals surface area contributed by atoms with Gasteiger partial charge < -0.3 is 10.2 Å². The summed E-state index contributed by atoms with van der Waals surface area (Å²) in [5, 5.41) is 3.53. The molecule has 2 amide bonds. The molecular formula is C31H25ClN2O2S. The van der Waals surface area contributed by atoms with Crippen molar-refractivity contribution < 1.29 is 9.59 Å². The Morgan fingerprint density at radius 1 is 0.892 bits per heavy atom. The minimum absolute atomic E-state index is 0.0338. The van der Waals surface area contributed by atoms with Crippen LogP contribution in [0.4, 0.5) is 5.69 Å².